The van der Waals surface area contributed by atoms with Crippen LogP contribution in [0, 0.1) is 18.8 Å². The van der Waals surface area contributed by atoms with Crippen LogP contribution in [0.15, 0.2) is 40.9 Å². The Balaban J connectivity index is 1.21. The minimum Gasteiger partial charge on any atom is -0.481 e. The quantitative estimate of drug-likeness (QED) is 0.260. The van der Waals surface area contributed by atoms with Gasteiger partial charge in [0.1, 0.15) is 22.9 Å². The summed E-state index contributed by atoms with van der Waals surface area (Å²) >= 11 is 3.04. The molecule has 9 heteroatoms. The predicted octanol–water partition coefficient (Wildman–Crippen LogP) is 6.96. The summed E-state index contributed by atoms with van der Waals surface area (Å²) in [6, 6.07) is 11.8. The first-order valence-electron chi connectivity index (χ1n) is 12.2. The highest BCUT2D eigenvalue weighted by molar-refractivity contribution is 7.28. The Bertz CT molecular complexity index is 1560. The number of carboxylic acid groups (broad SMARTS) is 1. The molecule has 0 spiro atoms. The second kappa shape index (κ2) is 9.05. The van der Waals surface area contributed by atoms with Crippen LogP contribution in [0.1, 0.15) is 77.0 Å². The zero-order chi connectivity index (χ0) is 25.7. The van der Waals surface area contributed by atoms with E-state index in [1.165, 1.54) is 22.7 Å². The summed E-state index contributed by atoms with van der Waals surface area (Å²) in [6.07, 6.45) is 2.37. The number of hydrogen-bond acceptors (Lipinski definition) is 7. The van der Waals surface area contributed by atoms with Crippen LogP contribution in [0.2, 0.25) is 0 Å². The molecule has 2 N–H and O–H groups in total. The molecule has 7 nitrogen and oxygen atoms in total. The zero-order valence-electron chi connectivity index (χ0n) is 20.3. The SMILES string of the molecule is Cc1ccccc1C(C)OC(=O)Nc1c(C2CC2)noc1C#Cc1cc2sc(C3(C(=O)O)CC3)cc2s1. The fourth-order valence-electron chi connectivity index (χ4n) is 4.48. The molecule has 0 aliphatic heterocycles. The zero-order valence-corrected chi connectivity index (χ0v) is 21.9. The van der Waals surface area contributed by atoms with Gasteiger partial charge in [0.2, 0.25) is 5.76 Å². The summed E-state index contributed by atoms with van der Waals surface area (Å²) in [4.78, 5) is 26.2. The van der Waals surface area contributed by atoms with Gasteiger partial charge in [-0.15, -0.1) is 22.7 Å². The minimum absolute atomic E-state index is 0.248. The van der Waals surface area contributed by atoms with Crippen LogP contribution < -0.4 is 5.32 Å². The molecule has 1 atom stereocenters. The van der Waals surface area contributed by atoms with Crippen molar-refractivity contribution in [3.63, 3.8) is 0 Å². The number of anilines is 1. The van der Waals surface area contributed by atoms with E-state index in [0.29, 0.717) is 30.0 Å². The number of carboxylic acids is 1. The molecule has 0 saturated heterocycles. The van der Waals surface area contributed by atoms with Crippen LogP contribution in [0.25, 0.3) is 9.40 Å². The van der Waals surface area contributed by atoms with Crippen LogP contribution in [-0.4, -0.2) is 22.3 Å². The number of carbonyl (C=O) groups excluding carboxylic acids is 1. The summed E-state index contributed by atoms with van der Waals surface area (Å²) in [6.45, 7) is 3.82. The number of ether oxygens (including phenoxy) is 1. The number of aliphatic carboxylic acids is 1. The second-order valence-electron chi connectivity index (χ2n) is 9.66. The topological polar surface area (TPSA) is 102 Å². The number of benzene rings is 1. The number of hydrogen-bond donors (Lipinski definition) is 2. The molecule has 0 radical (unpaired) electrons. The number of nitrogens with one attached hydrogen (secondary N) is 1. The Kier molecular flexibility index (Phi) is 5.81. The molecule has 1 aromatic carbocycles. The first-order valence-corrected chi connectivity index (χ1v) is 13.8. The van der Waals surface area contributed by atoms with Gasteiger partial charge in [0.05, 0.1) is 4.88 Å². The fourth-order valence-corrected chi connectivity index (χ4v) is 6.97. The minimum atomic E-state index is -0.745. The van der Waals surface area contributed by atoms with E-state index < -0.39 is 23.6 Å². The maximum Gasteiger partial charge on any atom is 0.412 e. The molecule has 0 bridgehead atoms. The predicted molar refractivity (Wildman–Crippen MR) is 142 cm³/mol. The molecule has 2 aliphatic carbocycles. The van der Waals surface area contributed by atoms with Gasteiger partial charge in [-0.25, -0.2) is 4.79 Å². The van der Waals surface area contributed by atoms with E-state index in [-0.39, 0.29) is 5.92 Å². The van der Waals surface area contributed by atoms with Crippen molar-refractivity contribution in [1.82, 2.24) is 5.16 Å². The molecule has 3 aromatic heterocycles. The number of amides is 1. The molecule has 2 aliphatic rings. The van der Waals surface area contributed by atoms with Gasteiger partial charge in [0.25, 0.3) is 0 Å². The molecule has 2 fully saturated rings. The standard InChI is InChI=1S/C28H24N2O5S2/c1-15-5-3-4-6-19(15)16(2)34-27(33)29-25-20(35-30-24(25)17-7-8-17)10-9-18-13-21-22(36-18)14-23(37-21)28(11-12-28)26(31)32/h3-6,13-14,16-17H,7-8,11-12H2,1-2H3,(H,29,33)(H,31,32). The lowest BCUT2D eigenvalue weighted by Crippen LogP contribution is -2.17. The molecule has 1 unspecified atom stereocenters. The van der Waals surface area contributed by atoms with Crippen LogP contribution in [0.3, 0.4) is 0 Å². The highest BCUT2D eigenvalue weighted by Crippen LogP contribution is 2.52. The van der Waals surface area contributed by atoms with Gasteiger partial charge in [-0.3, -0.25) is 10.1 Å². The Labute approximate surface area is 221 Å². The van der Waals surface area contributed by atoms with E-state index in [0.717, 1.165) is 43.1 Å². The lowest BCUT2D eigenvalue weighted by atomic mass is 10.1. The van der Waals surface area contributed by atoms with Gasteiger partial charge < -0.3 is 14.4 Å². The first-order chi connectivity index (χ1) is 17.8. The molecular weight excluding hydrogens is 508 g/mol. The number of aryl methyl sites for hydroxylation is 1. The van der Waals surface area contributed by atoms with E-state index in [2.05, 4.69) is 22.3 Å². The molecule has 4 aromatic rings. The number of rotatable bonds is 6. The molecule has 37 heavy (non-hydrogen) atoms. The summed E-state index contributed by atoms with van der Waals surface area (Å²) in [7, 11) is 0. The monoisotopic (exact) mass is 532 g/mol. The van der Waals surface area contributed by atoms with Crippen LogP contribution >= 0.6 is 22.7 Å². The van der Waals surface area contributed by atoms with E-state index in [1.54, 1.807) is 0 Å². The molecule has 3 heterocycles. The molecule has 6 rings (SSSR count). The van der Waals surface area contributed by atoms with Crippen LogP contribution in [0.4, 0.5) is 10.5 Å². The Morgan fingerprint density at radius 3 is 2.62 bits per heavy atom. The Morgan fingerprint density at radius 1 is 1.19 bits per heavy atom. The van der Waals surface area contributed by atoms with E-state index in [9.17, 15) is 14.7 Å². The van der Waals surface area contributed by atoms with Crippen LogP contribution in [-0.2, 0) is 14.9 Å². The summed E-state index contributed by atoms with van der Waals surface area (Å²) in [5.41, 5.74) is 2.47. The van der Waals surface area contributed by atoms with E-state index in [4.69, 9.17) is 9.26 Å². The maximum atomic E-state index is 12.8. The van der Waals surface area contributed by atoms with Gasteiger partial charge >= 0.3 is 12.1 Å². The van der Waals surface area contributed by atoms with Crippen molar-refractivity contribution in [2.24, 2.45) is 0 Å². The third-order valence-corrected chi connectivity index (χ3v) is 9.37. The largest absolute Gasteiger partial charge is 0.481 e. The summed E-state index contributed by atoms with van der Waals surface area (Å²) < 4.78 is 13.2. The fraction of sp³-hybridized carbons (Fsp3) is 0.321. The lowest BCUT2D eigenvalue weighted by molar-refractivity contribution is -0.139. The van der Waals surface area contributed by atoms with Crippen molar-refractivity contribution < 1.29 is 24.0 Å². The van der Waals surface area contributed by atoms with Crippen molar-refractivity contribution >= 4 is 49.8 Å². The third kappa shape index (κ3) is 4.52. The normalized spacial score (nSPS) is 16.6. The summed E-state index contributed by atoms with van der Waals surface area (Å²) in [5.74, 6) is 5.95. The number of carbonyl (C=O) groups is 2. The molecule has 1 amide bonds. The van der Waals surface area contributed by atoms with Crippen molar-refractivity contribution in [3.05, 3.63) is 68.7 Å². The van der Waals surface area contributed by atoms with Gasteiger partial charge in [0.15, 0.2) is 0 Å². The molecular formula is C28H24N2O5S2. The second-order valence-corrected chi connectivity index (χ2v) is 11.8. The number of nitrogens with zero attached hydrogens (tertiary/aromatic N) is 1. The van der Waals surface area contributed by atoms with E-state index in [1.807, 2.05) is 50.2 Å². The van der Waals surface area contributed by atoms with Gasteiger partial charge in [-0.2, -0.15) is 0 Å². The van der Waals surface area contributed by atoms with Crippen LogP contribution in [0.5, 0.6) is 0 Å². The van der Waals surface area contributed by atoms with Crippen molar-refractivity contribution in [3.8, 4) is 11.8 Å². The van der Waals surface area contributed by atoms with E-state index >= 15 is 0 Å². The van der Waals surface area contributed by atoms with Crippen molar-refractivity contribution in [2.75, 3.05) is 5.32 Å². The average Bonchev–Trinajstić information content (AvgIpc) is 3.75. The molecule has 2 saturated carbocycles. The molecule has 188 valence electrons. The van der Waals surface area contributed by atoms with Gasteiger partial charge in [0, 0.05) is 20.2 Å². The highest BCUT2D eigenvalue weighted by atomic mass is 32.1. The summed E-state index contributed by atoms with van der Waals surface area (Å²) in [5, 5.41) is 16.6. The number of aromatic nitrogens is 1. The lowest BCUT2D eigenvalue weighted by Gasteiger charge is -2.16. The Hall–Kier alpha value is -3.61. The van der Waals surface area contributed by atoms with Gasteiger partial charge in [-0.05, 0) is 74.6 Å². The maximum absolute atomic E-state index is 12.8. The first kappa shape index (κ1) is 23.8. The number of fused-ring (bicyclic) bond motifs is 1. The smallest absolute Gasteiger partial charge is 0.412 e. The van der Waals surface area contributed by atoms with Crippen molar-refractivity contribution in [1.29, 1.82) is 0 Å². The third-order valence-electron chi connectivity index (χ3n) is 6.96. The highest BCUT2D eigenvalue weighted by Gasteiger charge is 2.53. The Morgan fingerprint density at radius 2 is 1.95 bits per heavy atom. The van der Waals surface area contributed by atoms with Crippen molar-refractivity contribution in [2.45, 2.75) is 57.0 Å². The average molecular weight is 533 g/mol. The van der Waals surface area contributed by atoms with Gasteiger partial charge in [-0.1, -0.05) is 29.4 Å². The number of thiophene rings is 2.